The van der Waals surface area contributed by atoms with E-state index in [2.05, 4.69) is 20.3 Å². The first kappa shape index (κ1) is 14.0. The molecule has 0 saturated carbocycles. The Balaban J connectivity index is 1.91. The Morgan fingerprint density at radius 2 is 2.35 bits per heavy atom. The number of thioether (sulfide) groups is 1. The number of hydrogen-bond acceptors (Lipinski definition) is 8. The van der Waals surface area contributed by atoms with Gasteiger partial charge in [-0.15, -0.1) is 5.10 Å². The maximum atomic E-state index is 11.2. The standard InChI is InChI=1S/C9H12N8O2S/c10-6-3-7(18)13-9(12-6)20-2-1-17-4-5(15-16-17)8(19)14-11/h3-4H,1-2,11H2,(H,14,19)(H3,10,12,13,18). The van der Waals surface area contributed by atoms with Crippen molar-refractivity contribution in [3.63, 3.8) is 0 Å². The summed E-state index contributed by atoms with van der Waals surface area (Å²) >= 11 is 1.31. The van der Waals surface area contributed by atoms with Gasteiger partial charge in [0.15, 0.2) is 10.9 Å². The summed E-state index contributed by atoms with van der Waals surface area (Å²) in [4.78, 5) is 28.9. The summed E-state index contributed by atoms with van der Waals surface area (Å²) in [6, 6.07) is 1.21. The van der Waals surface area contributed by atoms with Gasteiger partial charge in [0.05, 0.1) is 12.7 Å². The van der Waals surface area contributed by atoms with E-state index >= 15 is 0 Å². The van der Waals surface area contributed by atoms with Crippen LogP contribution in [0.1, 0.15) is 10.5 Å². The lowest BCUT2D eigenvalue weighted by atomic mass is 10.5. The fraction of sp³-hybridized carbons (Fsp3) is 0.222. The Morgan fingerprint density at radius 3 is 3.05 bits per heavy atom. The Labute approximate surface area is 116 Å². The summed E-state index contributed by atoms with van der Waals surface area (Å²) in [6.07, 6.45) is 1.47. The highest BCUT2D eigenvalue weighted by molar-refractivity contribution is 7.99. The molecule has 2 heterocycles. The average molecular weight is 296 g/mol. The quantitative estimate of drug-likeness (QED) is 0.168. The number of carbonyl (C=O) groups excluding carboxylic acids is 1. The van der Waals surface area contributed by atoms with E-state index in [1.807, 2.05) is 5.43 Å². The first-order valence-electron chi connectivity index (χ1n) is 5.49. The van der Waals surface area contributed by atoms with Gasteiger partial charge in [0, 0.05) is 11.8 Å². The minimum atomic E-state index is -0.509. The molecule has 0 fully saturated rings. The molecule has 11 heteroatoms. The number of aromatic nitrogens is 5. The normalized spacial score (nSPS) is 10.4. The van der Waals surface area contributed by atoms with E-state index in [0.717, 1.165) is 0 Å². The molecule has 0 unspecified atom stereocenters. The van der Waals surface area contributed by atoms with Crippen molar-refractivity contribution in [3.05, 3.63) is 28.3 Å². The van der Waals surface area contributed by atoms with Crippen molar-refractivity contribution < 1.29 is 4.79 Å². The highest BCUT2D eigenvalue weighted by atomic mass is 32.2. The van der Waals surface area contributed by atoms with Crippen molar-refractivity contribution >= 4 is 23.5 Å². The van der Waals surface area contributed by atoms with Crippen LogP contribution in [0.3, 0.4) is 0 Å². The van der Waals surface area contributed by atoms with Gasteiger partial charge in [-0.2, -0.15) is 0 Å². The molecule has 0 radical (unpaired) electrons. The monoisotopic (exact) mass is 296 g/mol. The predicted octanol–water partition coefficient (Wildman–Crippen LogP) is -1.66. The molecule has 2 aromatic rings. The zero-order valence-corrected chi connectivity index (χ0v) is 11.1. The van der Waals surface area contributed by atoms with Gasteiger partial charge in [0.1, 0.15) is 5.82 Å². The Kier molecular flexibility index (Phi) is 4.32. The van der Waals surface area contributed by atoms with E-state index < -0.39 is 5.91 Å². The summed E-state index contributed by atoms with van der Waals surface area (Å²) in [5, 5.41) is 7.86. The molecule has 0 aromatic carbocycles. The van der Waals surface area contributed by atoms with Crippen LogP contribution in [0.4, 0.5) is 5.82 Å². The minimum absolute atomic E-state index is 0.132. The van der Waals surface area contributed by atoms with Gasteiger partial charge in [-0.25, -0.2) is 10.8 Å². The Bertz CT molecular complexity index is 666. The lowest BCUT2D eigenvalue weighted by molar-refractivity contribution is 0.0948. The number of anilines is 1. The largest absolute Gasteiger partial charge is 0.383 e. The molecular formula is C9H12N8O2S. The van der Waals surface area contributed by atoms with Gasteiger partial charge in [-0.1, -0.05) is 17.0 Å². The second kappa shape index (κ2) is 6.16. The van der Waals surface area contributed by atoms with Crippen LogP contribution < -0.4 is 22.6 Å². The van der Waals surface area contributed by atoms with Crippen LogP contribution in [-0.4, -0.2) is 36.6 Å². The third-order valence-corrected chi connectivity index (χ3v) is 3.05. The lowest BCUT2D eigenvalue weighted by Crippen LogP contribution is -2.30. The maximum absolute atomic E-state index is 11.2. The van der Waals surface area contributed by atoms with Gasteiger partial charge < -0.3 is 10.7 Å². The average Bonchev–Trinajstić information content (AvgIpc) is 2.85. The molecule has 1 amide bonds. The van der Waals surface area contributed by atoms with Crippen molar-refractivity contribution in [2.45, 2.75) is 11.7 Å². The van der Waals surface area contributed by atoms with Crippen LogP contribution in [-0.2, 0) is 6.54 Å². The van der Waals surface area contributed by atoms with E-state index in [4.69, 9.17) is 11.6 Å². The Hall–Kier alpha value is -2.40. The van der Waals surface area contributed by atoms with Crippen LogP contribution >= 0.6 is 11.8 Å². The van der Waals surface area contributed by atoms with Crippen LogP contribution in [0.25, 0.3) is 0 Å². The number of nitrogen functional groups attached to an aromatic ring is 2. The summed E-state index contributed by atoms with van der Waals surface area (Å²) in [7, 11) is 0. The second-order valence-corrected chi connectivity index (χ2v) is 4.75. The van der Waals surface area contributed by atoms with Crippen LogP contribution in [0.15, 0.2) is 22.2 Å². The fourth-order valence-corrected chi connectivity index (χ4v) is 2.16. The molecule has 0 atom stereocenters. The van der Waals surface area contributed by atoms with Crippen molar-refractivity contribution in [1.29, 1.82) is 0 Å². The highest BCUT2D eigenvalue weighted by Gasteiger charge is 2.08. The zero-order valence-electron chi connectivity index (χ0n) is 10.2. The van der Waals surface area contributed by atoms with E-state index in [0.29, 0.717) is 17.5 Å². The molecule has 6 N–H and O–H groups in total. The predicted molar refractivity (Wildman–Crippen MR) is 71.7 cm³/mol. The van der Waals surface area contributed by atoms with E-state index in [-0.39, 0.29) is 17.1 Å². The highest BCUT2D eigenvalue weighted by Crippen LogP contribution is 2.12. The second-order valence-electron chi connectivity index (χ2n) is 3.66. The molecule has 10 nitrogen and oxygen atoms in total. The SMILES string of the molecule is NNC(=O)c1cn(CCSc2nc(N)cc(=O)[nH]2)nn1. The summed E-state index contributed by atoms with van der Waals surface area (Å²) in [6.45, 7) is 0.480. The number of H-pyrrole nitrogens is 1. The van der Waals surface area contributed by atoms with Gasteiger partial charge in [-0.05, 0) is 0 Å². The number of amides is 1. The maximum Gasteiger partial charge on any atom is 0.287 e. The lowest BCUT2D eigenvalue weighted by Gasteiger charge is -2.01. The molecule has 2 rings (SSSR count). The number of aromatic amines is 1. The van der Waals surface area contributed by atoms with Gasteiger partial charge in [0.2, 0.25) is 0 Å². The van der Waals surface area contributed by atoms with E-state index in [1.54, 1.807) is 0 Å². The summed E-state index contributed by atoms with van der Waals surface area (Å²) < 4.78 is 1.49. The number of carbonyl (C=O) groups is 1. The molecule has 0 aliphatic carbocycles. The van der Waals surface area contributed by atoms with E-state index in [9.17, 15) is 9.59 Å². The van der Waals surface area contributed by atoms with Crippen molar-refractivity contribution in [2.75, 3.05) is 11.5 Å². The van der Waals surface area contributed by atoms with Gasteiger partial charge in [-0.3, -0.25) is 19.7 Å². The first-order chi connectivity index (χ1) is 9.58. The number of aryl methyl sites for hydroxylation is 1. The molecule has 0 bridgehead atoms. The molecular weight excluding hydrogens is 284 g/mol. The number of nitrogens with one attached hydrogen (secondary N) is 2. The van der Waals surface area contributed by atoms with Crippen LogP contribution in [0, 0.1) is 0 Å². The van der Waals surface area contributed by atoms with Gasteiger partial charge >= 0.3 is 0 Å². The number of hydrazine groups is 1. The first-order valence-corrected chi connectivity index (χ1v) is 6.48. The minimum Gasteiger partial charge on any atom is -0.383 e. The summed E-state index contributed by atoms with van der Waals surface area (Å²) in [5.41, 5.74) is 7.26. The van der Waals surface area contributed by atoms with Gasteiger partial charge in [0.25, 0.3) is 11.5 Å². The smallest absolute Gasteiger partial charge is 0.287 e. The van der Waals surface area contributed by atoms with Crippen molar-refractivity contribution in [3.8, 4) is 0 Å². The summed E-state index contributed by atoms with van der Waals surface area (Å²) in [5.74, 6) is 5.21. The Morgan fingerprint density at radius 1 is 1.55 bits per heavy atom. The third kappa shape index (κ3) is 3.55. The van der Waals surface area contributed by atoms with Crippen LogP contribution in [0.5, 0.6) is 0 Å². The molecule has 0 spiro atoms. The molecule has 106 valence electrons. The number of nitrogens with two attached hydrogens (primary N) is 2. The number of hydrogen-bond donors (Lipinski definition) is 4. The molecule has 20 heavy (non-hydrogen) atoms. The molecule has 0 aliphatic heterocycles. The number of rotatable bonds is 5. The van der Waals surface area contributed by atoms with Crippen LogP contribution in [0.2, 0.25) is 0 Å². The molecule has 0 aliphatic rings. The third-order valence-electron chi connectivity index (χ3n) is 2.20. The molecule has 2 aromatic heterocycles. The fourth-order valence-electron chi connectivity index (χ4n) is 1.34. The van der Waals surface area contributed by atoms with Crippen molar-refractivity contribution in [2.24, 2.45) is 5.84 Å². The molecule has 0 saturated heterocycles. The van der Waals surface area contributed by atoms with Crippen molar-refractivity contribution in [1.82, 2.24) is 30.4 Å². The zero-order chi connectivity index (χ0) is 14.5. The topological polar surface area (TPSA) is 158 Å². The number of nitrogens with zero attached hydrogens (tertiary/aromatic N) is 4. The van der Waals surface area contributed by atoms with E-state index in [1.165, 1.54) is 28.7 Å².